The van der Waals surface area contributed by atoms with Crippen molar-refractivity contribution in [1.29, 1.82) is 0 Å². The second-order valence-electron chi connectivity index (χ2n) is 6.79. The number of hydrogen-bond donors (Lipinski definition) is 0. The number of ether oxygens (including phenoxy) is 2. The van der Waals surface area contributed by atoms with Gasteiger partial charge in [-0.1, -0.05) is 23.9 Å². The molecule has 0 fully saturated rings. The number of rotatable bonds is 12. The quantitative estimate of drug-likeness (QED) is 0.272. The standard InChI is InChI=1S/C19H28N4O5S2/c1-14(24)8-7-11-29-19-21-20-18(23(19)13-17(27-4)28-5)15-9-6-10-16(12-15)30(25,26)22(2)3/h6,9-10,12,17H,7-8,11,13H2,1-5H3. The van der Waals surface area contributed by atoms with Crippen molar-refractivity contribution in [2.24, 2.45) is 0 Å². The van der Waals surface area contributed by atoms with Gasteiger partial charge in [0.05, 0.1) is 11.4 Å². The van der Waals surface area contributed by atoms with E-state index in [2.05, 4.69) is 10.2 Å². The van der Waals surface area contributed by atoms with Crippen molar-refractivity contribution in [1.82, 2.24) is 19.1 Å². The number of carbonyl (C=O) groups excluding carboxylic acids is 1. The van der Waals surface area contributed by atoms with Crippen LogP contribution in [0, 0.1) is 0 Å². The highest BCUT2D eigenvalue weighted by molar-refractivity contribution is 7.99. The lowest BCUT2D eigenvalue weighted by Crippen LogP contribution is -2.22. The zero-order valence-corrected chi connectivity index (χ0v) is 19.5. The summed E-state index contributed by atoms with van der Waals surface area (Å²) < 4.78 is 38.7. The number of methoxy groups -OCH3 is 2. The van der Waals surface area contributed by atoms with Gasteiger partial charge in [0.1, 0.15) is 5.78 Å². The maximum absolute atomic E-state index is 12.5. The maximum atomic E-state index is 12.5. The van der Waals surface area contributed by atoms with E-state index in [0.29, 0.717) is 35.3 Å². The summed E-state index contributed by atoms with van der Waals surface area (Å²) in [4.78, 5) is 11.3. The molecule has 0 unspecified atom stereocenters. The van der Waals surface area contributed by atoms with Crippen LogP contribution in [0.1, 0.15) is 19.8 Å². The van der Waals surface area contributed by atoms with E-state index in [1.54, 1.807) is 45.4 Å². The second-order valence-corrected chi connectivity index (χ2v) is 10.0. The van der Waals surface area contributed by atoms with Gasteiger partial charge in [0.25, 0.3) is 0 Å². The van der Waals surface area contributed by atoms with Gasteiger partial charge >= 0.3 is 0 Å². The topological polar surface area (TPSA) is 104 Å². The monoisotopic (exact) mass is 456 g/mol. The minimum absolute atomic E-state index is 0.149. The van der Waals surface area contributed by atoms with Crippen LogP contribution < -0.4 is 0 Å². The molecule has 0 saturated carbocycles. The predicted molar refractivity (Wildman–Crippen MR) is 115 cm³/mol. The Hall–Kier alpha value is -1.79. The van der Waals surface area contributed by atoms with Gasteiger partial charge in [0, 0.05) is 46.1 Å². The van der Waals surface area contributed by atoms with Gasteiger partial charge in [-0.15, -0.1) is 10.2 Å². The van der Waals surface area contributed by atoms with E-state index in [4.69, 9.17) is 9.47 Å². The minimum Gasteiger partial charge on any atom is -0.354 e. The number of Topliss-reactive ketones (excluding diaryl/α,β-unsaturated/α-hetero) is 1. The summed E-state index contributed by atoms with van der Waals surface area (Å²) in [6.45, 7) is 1.90. The lowest BCUT2D eigenvalue weighted by Gasteiger charge is -2.17. The van der Waals surface area contributed by atoms with Crippen LogP contribution in [0.3, 0.4) is 0 Å². The SMILES string of the molecule is COC(Cn1c(SCCCC(C)=O)nnc1-c1cccc(S(=O)(=O)N(C)C)c1)OC. The second kappa shape index (κ2) is 11.0. The number of aromatic nitrogens is 3. The van der Waals surface area contributed by atoms with E-state index in [1.807, 2.05) is 4.57 Å². The zero-order chi connectivity index (χ0) is 22.3. The molecule has 30 heavy (non-hydrogen) atoms. The van der Waals surface area contributed by atoms with Crippen molar-refractivity contribution in [2.75, 3.05) is 34.1 Å². The van der Waals surface area contributed by atoms with E-state index in [0.717, 1.165) is 6.42 Å². The van der Waals surface area contributed by atoms with Crippen molar-refractivity contribution < 1.29 is 22.7 Å². The van der Waals surface area contributed by atoms with E-state index in [9.17, 15) is 13.2 Å². The van der Waals surface area contributed by atoms with Crippen LogP contribution in [0.2, 0.25) is 0 Å². The average Bonchev–Trinajstić information content (AvgIpc) is 3.11. The van der Waals surface area contributed by atoms with Crippen LogP contribution in [0.15, 0.2) is 34.3 Å². The van der Waals surface area contributed by atoms with Crippen LogP contribution >= 0.6 is 11.8 Å². The molecule has 0 saturated heterocycles. The summed E-state index contributed by atoms with van der Waals surface area (Å²) in [7, 11) is 2.48. The third-order valence-electron chi connectivity index (χ3n) is 4.35. The molecule has 0 amide bonds. The van der Waals surface area contributed by atoms with Gasteiger partial charge in [-0.3, -0.25) is 4.57 Å². The number of ketones is 1. The first-order valence-corrected chi connectivity index (χ1v) is 11.8. The molecule has 0 spiro atoms. The average molecular weight is 457 g/mol. The highest BCUT2D eigenvalue weighted by atomic mass is 32.2. The maximum Gasteiger partial charge on any atom is 0.242 e. The van der Waals surface area contributed by atoms with Crippen LogP contribution in [0.4, 0.5) is 0 Å². The summed E-state index contributed by atoms with van der Waals surface area (Å²) >= 11 is 1.48. The van der Waals surface area contributed by atoms with Gasteiger partial charge in [-0.2, -0.15) is 0 Å². The highest BCUT2D eigenvalue weighted by Gasteiger charge is 2.21. The summed E-state index contributed by atoms with van der Waals surface area (Å²) in [6, 6.07) is 6.58. The Morgan fingerprint density at radius 3 is 2.53 bits per heavy atom. The Kier molecular flexibility index (Phi) is 8.98. The third-order valence-corrected chi connectivity index (χ3v) is 7.21. The summed E-state index contributed by atoms with van der Waals surface area (Å²) in [5.74, 6) is 1.37. The number of hydrogen-bond acceptors (Lipinski definition) is 8. The zero-order valence-electron chi connectivity index (χ0n) is 17.9. The Labute approximate surface area is 181 Å². The molecule has 2 rings (SSSR count). The fourth-order valence-electron chi connectivity index (χ4n) is 2.66. The van der Waals surface area contributed by atoms with Crippen LogP contribution in [0.5, 0.6) is 0 Å². The van der Waals surface area contributed by atoms with Gasteiger partial charge in [-0.05, 0) is 25.5 Å². The van der Waals surface area contributed by atoms with E-state index < -0.39 is 16.3 Å². The van der Waals surface area contributed by atoms with E-state index >= 15 is 0 Å². The molecule has 0 bridgehead atoms. The van der Waals surface area contributed by atoms with Crippen LogP contribution in [-0.2, 0) is 30.8 Å². The molecule has 0 aliphatic heterocycles. The largest absolute Gasteiger partial charge is 0.354 e. The van der Waals surface area contributed by atoms with Crippen molar-refractivity contribution in [3.8, 4) is 11.4 Å². The molecular formula is C19H28N4O5S2. The van der Waals surface area contributed by atoms with Crippen LogP contribution in [0.25, 0.3) is 11.4 Å². The predicted octanol–water partition coefficient (Wildman–Crippen LogP) is 2.28. The molecule has 0 aliphatic carbocycles. The lowest BCUT2D eigenvalue weighted by molar-refractivity contribution is -0.117. The van der Waals surface area contributed by atoms with Gasteiger partial charge in [0.2, 0.25) is 10.0 Å². The molecular weight excluding hydrogens is 428 g/mol. The summed E-state index contributed by atoms with van der Waals surface area (Å²) in [5.41, 5.74) is 0.618. The third kappa shape index (κ3) is 6.11. The smallest absolute Gasteiger partial charge is 0.242 e. The Bertz CT molecular complexity index is 956. The number of sulfonamides is 1. The van der Waals surface area contributed by atoms with Crippen molar-refractivity contribution in [3.05, 3.63) is 24.3 Å². The Balaban J connectivity index is 2.40. The number of nitrogens with zero attached hydrogens (tertiary/aromatic N) is 4. The summed E-state index contributed by atoms with van der Waals surface area (Å²) in [5, 5.41) is 9.22. The van der Waals surface area contributed by atoms with Crippen LogP contribution in [-0.4, -0.2) is 73.6 Å². The normalized spacial score (nSPS) is 12.1. The number of carbonyl (C=O) groups is 1. The molecule has 2 aromatic rings. The molecule has 0 radical (unpaired) electrons. The minimum atomic E-state index is -3.58. The van der Waals surface area contributed by atoms with Gasteiger partial charge in [-0.25, -0.2) is 12.7 Å². The molecule has 1 aromatic carbocycles. The molecule has 9 nitrogen and oxygen atoms in total. The number of benzene rings is 1. The molecule has 0 N–H and O–H groups in total. The van der Waals surface area contributed by atoms with E-state index in [-0.39, 0.29) is 10.7 Å². The molecule has 11 heteroatoms. The fraction of sp³-hybridized carbons (Fsp3) is 0.526. The van der Waals surface area contributed by atoms with Gasteiger partial charge < -0.3 is 14.3 Å². The van der Waals surface area contributed by atoms with Gasteiger partial charge in [0.15, 0.2) is 17.3 Å². The highest BCUT2D eigenvalue weighted by Crippen LogP contribution is 2.27. The van der Waals surface area contributed by atoms with Crippen molar-refractivity contribution in [3.63, 3.8) is 0 Å². The Morgan fingerprint density at radius 2 is 1.93 bits per heavy atom. The first kappa shape index (κ1) is 24.5. The molecule has 166 valence electrons. The molecule has 0 atom stereocenters. The first-order valence-electron chi connectivity index (χ1n) is 9.34. The lowest BCUT2D eigenvalue weighted by atomic mass is 10.2. The molecule has 0 aliphatic rings. The first-order chi connectivity index (χ1) is 14.2. The van der Waals surface area contributed by atoms with Crippen molar-refractivity contribution in [2.45, 2.75) is 42.7 Å². The Morgan fingerprint density at radius 1 is 1.23 bits per heavy atom. The van der Waals surface area contributed by atoms with E-state index in [1.165, 1.54) is 30.2 Å². The van der Waals surface area contributed by atoms with Crippen molar-refractivity contribution >= 4 is 27.6 Å². The molecule has 1 aromatic heterocycles. The molecule has 1 heterocycles. The summed E-state index contributed by atoms with van der Waals surface area (Å²) in [6.07, 6.45) is 0.721. The number of thioether (sulfide) groups is 1. The fourth-order valence-corrected chi connectivity index (χ4v) is 4.49.